The van der Waals surface area contributed by atoms with E-state index in [0.717, 1.165) is 16.1 Å². The zero-order chi connectivity index (χ0) is 15.6. The molecule has 0 fully saturated rings. The first-order valence-electron chi connectivity index (χ1n) is 7.19. The zero-order valence-electron chi connectivity index (χ0n) is 12.8. The smallest absolute Gasteiger partial charge is 0.262 e. The van der Waals surface area contributed by atoms with Gasteiger partial charge in [0.15, 0.2) is 0 Å². The summed E-state index contributed by atoms with van der Waals surface area (Å²) < 4.78 is 1.37. The summed E-state index contributed by atoms with van der Waals surface area (Å²) in [6, 6.07) is 1.96. The third kappa shape index (κ3) is 3.50. The van der Waals surface area contributed by atoms with E-state index in [1.165, 1.54) is 22.2 Å². The molecule has 1 atom stereocenters. The predicted molar refractivity (Wildman–Crippen MR) is 85.7 cm³/mol. The standard InChI is InChI=1S/C15H21N3O2S/c1-5-11-6-12-14(21-11)16-8-18(15(12)20)7-13(19)17-10(4)9(2)3/h6,8-10H,5,7H2,1-4H3,(H,17,19). The Balaban J connectivity index is 2.21. The van der Waals surface area contributed by atoms with Crippen LogP contribution in [-0.4, -0.2) is 21.5 Å². The maximum absolute atomic E-state index is 12.4. The second-order valence-corrected chi connectivity index (χ2v) is 6.68. The highest BCUT2D eigenvalue weighted by atomic mass is 32.1. The van der Waals surface area contributed by atoms with Crippen molar-refractivity contribution in [2.45, 2.75) is 46.7 Å². The largest absolute Gasteiger partial charge is 0.352 e. The second kappa shape index (κ2) is 6.39. The Morgan fingerprint density at radius 2 is 2.14 bits per heavy atom. The first-order valence-corrected chi connectivity index (χ1v) is 8.01. The number of carbonyl (C=O) groups excluding carboxylic acids is 1. The van der Waals surface area contributed by atoms with Crippen LogP contribution in [0.25, 0.3) is 10.2 Å². The van der Waals surface area contributed by atoms with Crippen molar-refractivity contribution in [3.8, 4) is 0 Å². The van der Waals surface area contributed by atoms with Gasteiger partial charge in [0.1, 0.15) is 11.4 Å². The monoisotopic (exact) mass is 307 g/mol. The fourth-order valence-corrected chi connectivity index (χ4v) is 2.84. The van der Waals surface area contributed by atoms with Crippen LogP contribution in [0.1, 0.15) is 32.6 Å². The van der Waals surface area contributed by atoms with E-state index in [1.807, 2.05) is 33.8 Å². The van der Waals surface area contributed by atoms with E-state index in [9.17, 15) is 9.59 Å². The lowest BCUT2D eigenvalue weighted by molar-refractivity contribution is -0.122. The molecule has 0 radical (unpaired) electrons. The maximum Gasteiger partial charge on any atom is 0.262 e. The molecule has 2 aromatic rings. The average molecular weight is 307 g/mol. The van der Waals surface area contributed by atoms with E-state index in [-0.39, 0.29) is 24.1 Å². The number of carbonyl (C=O) groups is 1. The summed E-state index contributed by atoms with van der Waals surface area (Å²) in [5.41, 5.74) is -0.150. The molecule has 6 heteroatoms. The van der Waals surface area contributed by atoms with Crippen LogP contribution in [-0.2, 0) is 17.8 Å². The van der Waals surface area contributed by atoms with Crippen LogP contribution in [0.3, 0.4) is 0 Å². The Morgan fingerprint density at radius 1 is 1.43 bits per heavy atom. The molecular weight excluding hydrogens is 286 g/mol. The molecular formula is C15H21N3O2S. The molecule has 0 spiro atoms. The normalized spacial score (nSPS) is 12.8. The van der Waals surface area contributed by atoms with Gasteiger partial charge in [0.25, 0.3) is 5.56 Å². The number of amides is 1. The summed E-state index contributed by atoms with van der Waals surface area (Å²) in [6.45, 7) is 8.10. The number of hydrogen-bond acceptors (Lipinski definition) is 4. The average Bonchev–Trinajstić information content (AvgIpc) is 2.86. The summed E-state index contributed by atoms with van der Waals surface area (Å²) in [5, 5.41) is 3.50. The molecule has 2 aromatic heterocycles. The predicted octanol–water partition coefficient (Wildman–Crippen LogP) is 2.18. The van der Waals surface area contributed by atoms with E-state index in [4.69, 9.17) is 0 Å². The lowest BCUT2D eigenvalue weighted by atomic mass is 10.1. The molecule has 5 nitrogen and oxygen atoms in total. The van der Waals surface area contributed by atoms with E-state index in [2.05, 4.69) is 10.3 Å². The minimum atomic E-state index is -0.162. The molecule has 0 aromatic carbocycles. The fourth-order valence-electron chi connectivity index (χ4n) is 1.92. The highest BCUT2D eigenvalue weighted by Crippen LogP contribution is 2.20. The topological polar surface area (TPSA) is 64.0 Å². The van der Waals surface area contributed by atoms with Crippen molar-refractivity contribution in [2.75, 3.05) is 0 Å². The number of nitrogens with zero attached hydrogens (tertiary/aromatic N) is 2. The minimum absolute atomic E-state index is 0.0101. The number of fused-ring (bicyclic) bond motifs is 1. The summed E-state index contributed by atoms with van der Waals surface area (Å²) in [7, 11) is 0. The van der Waals surface area contributed by atoms with Gasteiger partial charge in [0, 0.05) is 10.9 Å². The van der Waals surface area contributed by atoms with Crippen molar-refractivity contribution in [1.82, 2.24) is 14.9 Å². The van der Waals surface area contributed by atoms with E-state index >= 15 is 0 Å². The van der Waals surface area contributed by atoms with E-state index < -0.39 is 0 Å². The molecule has 2 rings (SSSR count). The van der Waals surface area contributed by atoms with Crippen molar-refractivity contribution in [1.29, 1.82) is 0 Å². The van der Waals surface area contributed by atoms with Crippen LogP contribution < -0.4 is 10.9 Å². The lowest BCUT2D eigenvalue weighted by Gasteiger charge is -2.17. The quantitative estimate of drug-likeness (QED) is 0.921. The summed E-state index contributed by atoms with van der Waals surface area (Å²) in [6.07, 6.45) is 2.34. The number of hydrogen-bond donors (Lipinski definition) is 1. The molecule has 1 N–H and O–H groups in total. The molecule has 0 saturated carbocycles. The van der Waals surface area contributed by atoms with Crippen LogP contribution in [0, 0.1) is 5.92 Å². The first kappa shape index (κ1) is 15.7. The Hall–Kier alpha value is -1.69. The molecule has 0 aliphatic rings. The lowest BCUT2D eigenvalue weighted by Crippen LogP contribution is -2.39. The Kier molecular flexibility index (Phi) is 4.77. The van der Waals surface area contributed by atoms with Crippen LogP contribution in [0.15, 0.2) is 17.2 Å². The number of thiophene rings is 1. The summed E-state index contributed by atoms with van der Waals surface area (Å²) in [4.78, 5) is 30.5. The van der Waals surface area contributed by atoms with Crippen LogP contribution in [0.2, 0.25) is 0 Å². The van der Waals surface area contributed by atoms with Gasteiger partial charge in [-0.25, -0.2) is 4.98 Å². The number of aryl methyl sites for hydroxylation is 1. The van der Waals surface area contributed by atoms with E-state index in [1.54, 1.807) is 0 Å². The summed E-state index contributed by atoms with van der Waals surface area (Å²) >= 11 is 1.53. The number of aromatic nitrogens is 2. The number of rotatable bonds is 5. The molecule has 1 unspecified atom stereocenters. The fraction of sp³-hybridized carbons (Fsp3) is 0.533. The zero-order valence-corrected chi connectivity index (χ0v) is 13.7. The van der Waals surface area contributed by atoms with Gasteiger partial charge < -0.3 is 5.32 Å². The van der Waals surface area contributed by atoms with Crippen LogP contribution >= 0.6 is 11.3 Å². The van der Waals surface area contributed by atoms with Gasteiger partial charge >= 0.3 is 0 Å². The van der Waals surface area contributed by atoms with Gasteiger partial charge in [-0.3, -0.25) is 14.2 Å². The molecule has 114 valence electrons. The number of nitrogens with one attached hydrogen (secondary N) is 1. The van der Waals surface area contributed by atoms with Crippen molar-refractivity contribution in [3.63, 3.8) is 0 Å². The minimum Gasteiger partial charge on any atom is -0.352 e. The van der Waals surface area contributed by atoms with Gasteiger partial charge in [-0.15, -0.1) is 11.3 Å². The Morgan fingerprint density at radius 3 is 2.76 bits per heavy atom. The Bertz CT molecular complexity index is 702. The molecule has 21 heavy (non-hydrogen) atoms. The van der Waals surface area contributed by atoms with E-state index in [0.29, 0.717) is 11.3 Å². The van der Waals surface area contributed by atoms with Crippen molar-refractivity contribution in [2.24, 2.45) is 5.92 Å². The third-order valence-electron chi connectivity index (χ3n) is 3.62. The van der Waals surface area contributed by atoms with Crippen molar-refractivity contribution >= 4 is 27.5 Å². The molecule has 0 bridgehead atoms. The van der Waals surface area contributed by atoms with Crippen LogP contribution in [0.4, 0.5) is 0 Å². The molecule has 0 aliphatic heterocycles. The van der Waals surface area contributed by atoms with Gasteiger partial charge in [-0.2, -0.15) is 0 Å². The van der Waals surface area contributed by atoms with Crippen LogP contribution in [0.5, 0.6) is 0 Å². The van der Waals surface area contributed by atoms with Gasteiger partial charge in [-0.1, -0.05) is 20.8 Å². The molecule has 1 amide bonds. The molecule has 0 saturated heterocycles. The van der Waals surface area contributed by atoms with Gasteiger partial charge in [-0.05, 0) is 25.3 Å². The van der Waals surface area contributed by atoms with Crippen molar-refractivity contribution in [3.05, 3.63) is 27.6 Å². The van der Waals surface area contributed by atoms with Gasteiger partial charge in [0.2, 0.25) is 5.91 Å². The van der Waals surface area contributed by atoms with Gasteiger partial charge in [0.05, 0.1) is 11.7 Å². The first-order chi connectivity index (χ1) is 9.92. The second-order valence-electron chi connectivity index (χ2n) is 5.56. The SMILES string of the molecule is CCc1cc2c(=O)n(CC(=O)NC(C)C(C)C)cnc2s1. The molecule has 2 heterocycles. The third-order valence-corrected chi connectivity index (χ3v) is 4.81. The highest BCUT2D eigenvalue weighted by Gasteiger charge is 2.13. The summed E-state index contributed by atoms with van der Waals surface area (Å²) in [5.74, 6) is 0.195. The van der Waals surface area contributed by atoms with Crippen molar-refractivity contribution < 1.29 is 4.79 Å². The maximum atomic E-state index is 12.4. The molecule has 0 aliphatic carbocycles. The Labute approximate surface area is 128 Å². The highest BCUT2D eigenvalue weighted by molar-refractivity contribution is 7.18.